The lowest BCUT2D eigenvalue weighted by Crippen LogP contribution is -2.15. The fourth-order valence-electron chi connectivity index (χ4n) is 2.10. The second-order valence-electron chi connectivity index (χ2n) is 5.16. The van der Waals surface area contributed by atoms with Gasteiger partial charge in [0.15, 0.2) is 16.7 Å². The molecule has 2 heterocycles. The molecule has 1 aromatic carbocycles. The molecular weight excluding hydrogens is 331 g/mol. The molecule has 0 fully saturated rings. The van der Waals surface area contributed by atoms with Gasteiger partial charge in [-0.3, -0.25) is 4.79 Å². The van der Waals surface area contributed by atoms with Crippen LogP contribution in [0.2, 0.25) is 0 Å². The number of anilines is 1. The number of carbonyl (C=O) groups excluding carboxylic acids is 1. The van der Waals surface area contributed by atoms with Crippen molar-refractivity contribution in [1.29, 1.82) is 0 Å². The van der Waals surface area contributed by atoms with Crippen LogP contribution < -0.4 is 5.32 Å². The molecule has 0 saturated heterocycles. The van der Waals surface area contributed by atoms with Gasteiger partial charge in [-0.1, -0.05) is 17.8 Å². The Morgan fingerprint density at radius 1 is 1.38 bits per heavy atom. The highest BCUT2D eigenvalue weighted by atomic mass is 32.2. The Morgan fingerprint density at radius 3 is 2.92 bits per heavy atom. The molecular formula is C16H15FN4O2S. The van der Waals surface area contributed by atoms with Crippen molar-refractivity contribution in [3.63, 3.8) is 0 Å². The number of halogens is 1. The summed E-state index contributed by atoms with van der Waals surface area (Å²) in [6.07, 6.45) is 1.56. The Balaban J connectivity index is 1.62. The molecule has 6 nitrogen and oxygen atoms in total. The number of nitrogens with zero attached hydrogens (tertiary/aromatic N) is 3. The van der Waals surface area contributed by atoms with E-state index in [1.807, 2.05) is 0 Å². The van der Waals surface area contributed by atoms with Gasteiger partial charge in [-0.05, 0) is 36.8 Å². The van der Waals surface area contributed by atoms with E-state index in [-0.39, 0.29) is 17.3 Å². The first-order chi connectivity index (χ1) is 11.5. The number of hydrogen-bond acceptors (Lipinski definition) is 5. The lowest BCUT2D eigenvalue weighted by molar-refractivity contribution is -0.113. The van der Waals surface area contributed by atoms with Crippen molar-refractivity contribution < 1.29 is 13.6 Å². The predicted octanol–water partition coefficient (Wildman–Crippen LogP) is 3.25. The third kappa shape index (κ3) is 3.48. The van der Waals surface area contributed by atoms with E-state index in [0.29, 0.717) is 16.7 Å². The minimum atomic E-state index is -0.452. The predicted molar refractivity (Wildman–Crippen MR) is 89.2 cm³/mol. The number of benzene rings is 1. The van der Waals surface area contributed by atoms with E-state index in [4.69, 9.17) is 4.42 Å². The first-order valence-corrected chi connectivity index (χ1v) is 8.15. The Labute approximate surface area is 142 Å². The van der Waals surface area contributed by atoms with Gasteiger partial charge in [0.2, 0.25) is 5.91 Å². The first kappa shape index (κ1) is 16.3. The van der Waals surface area contributed by atoms with Crippen LogP contribution >= 0.6 is 11.8 Å². The number of amides is 1. The van der Waals surface area contributed by atoms with Gasteiger partial charge < -0.3 is 14.3 Å². The standard InChI is InChI=1S/C16H15FN4O2S/c1-10-5-6-12(11(17)8-10)18-14(22)9-24-16-20-19-15(21(16)2)13-4-3-7-23-13/h3-8H,9H2,1-2H3,(H,18,22). The van der Waals surface area contributed by atoms with Crippen LogP contribution in [0.3, 0.4) is 0 Å². The quantitative estimate of drug-likeness (QED) is 0.718. The van der Waals surface area contributed by atoms with Crippen molar-refractivity contribution in [3.8, 4) is 11.6 Å². The fourth-order valence-corrected chi connectivity index (χ4v) is 2.81. The lowest BCUT2D eigenvalue weighted by atomic mass is 10.2. The molecule has 0 aliphatic rings. The van der Waals surface area contributed by atoms with Crippen molar-refractivity contribution >= 4 is 23.4 Å². The number of aryl methyl sites for hydroxylation is 1. The molecule has 0 aliphatic carbocycles. The van der Waals surface area contributed by atoms with Gasteiger partial charge in [0.25, 0.3) is 0 Å². The average molecular weight is 346 g/mol. The molecule has 1 amide bonds. The zero-order chi connectivity index (χ0) is 17.1. The van der Waals surface area contributed by atoms with Crippen LogP contribution in [-0.4, -0.2) is 26.4 Å². The smallest absolute Gasteiger partial charge is 0.234 e. The second kappa shape index (κ2) is 6.88. The summed E-state index contributed by atoms with van der Waals surface area (Å²) >= 11 is 1.21. The SMILES string of the molecule is Cc1ccc(NC(=O)CSc2nnc(-c3ccco3)n2C)c(F)c1. The highest BCUT2D eigenvalue weighted by molar-refractivity contribution is 7.99. The maximum absolute atomic E-state index is 13.7. The number of thioether (sulfide) groups is 1. The van der Waals surface area contributed by atoms with Gasteiger partial charge in [0.05, 0.1) is 17.7 Å². The molecule has 0 spiro atoms. The van der Waals surface area contributed by atoms with Crippen molar-refractivity contribution in [3.05, 3.63) is 48.0 Å². The van der Waals surface area contributed by atoms with Crippen LogP contribution in [0.25, 0.3) is 11.6 Å². The van der Waals surface area contributed by atoms with E-state index in [1.165, 1.54) is 17.8 Å². The molecule has 0 saturated carbocycles. The van der Waals surface area contributed by atoms with Crippen molar-refractivity contribution in [2.24, 2.45) is 7.05 Å². The lowest BCUT2D eigenvalue weighted by Gasteiger charge is -2.07. The van der Waals surface area contributed by atoms with Gasteiger partial charge in [-0.25, -0.2) is 4.39 Å². The Hall–Kier alpha value is -2.61. The third-order valence-corrected chi connectivity index (χ3v) is 4.33. The number of furan rings is 1. The number of aromatic nitrogens is 3. The maximum atomic E-state index is 13.7. The molecule has 2 aromatic heterocycles. The minimum Gasteiger partial charge on any atom is -0.461 e. The fraction of sp³-hybridized carbons (Fsp3) is 0.188. The topological polar surface area (TPSA) is 73.0 Å². The van der Waals surface area contributed by atoms with E-state index in [0.717, 1.165) is 5.56 Å². The minimum absolute atomic E-state index is 0.0947. The molecule has 3 rings (SSSR count). The highest BCUT2D eigenvalue weighted by Crippen LogP contribution is 2.23. The van der Waals surface area contributed by atoms with Crippen molar-refractivity contribution in [2.75, 3.05) is 11.1 Å². The molecule has 0 atom stereocenters. The summed E-state index contributed by atoms with van der Waals surface area (Å²) in [5.74, 6) is 0.505. The largest absolute Gasteiger partial charge is 0.461 e. The van der Waals surface area contributed by atoms with Crippen molar-refractivity contribution in [2.45, 2.75) is 12.1 Å². The molecule has 1 N–H and O–H groups in total. The summed E-state index contributed by atoms with van der Waals surface area (Å²) in [7, 11) is 1.79. The van der Waals surface area contributed by atoms with Gasteiger partial charge in [-0.15, -0.1) is 10.2 Å². The van der Waals surface area contributed by atoms with Gasteiger partial charge in [0, 0.05) is 7.05 Å². The van der Waals surface area contributed by atoms with Crippen LogP contribution in [0.5, 0.6) is 0 Å². The zero-order valence-corrected chi connectivity index (χ0v) is 13.9. The Kier molecular flexibility index (Phi) is 4.66. The molecule has 3 aromatic rings. The van der Waals surface area contributed by atoms with E-state index < -0.39 is 5.82 Å². The van der Waals surface area contributed by atoms with Gasteiger partial charge in [-0.2, -0.15) is 0 Å². The zero-order valence-electron chi connectivity index (χ0n) is 13.1. The summed E-state index contributed by atoms with van der Waals surface area (Å²) in [6.45, 7) is 1.79. The summed E-state index contributed by atoms with van der Waals surface area (Å²) in [5, 5.41) is 11.2. The van der Waals surface area contributed by atoms with E-state index >= 15 is 0 Å². The molecule has 8 heteroatoms. The summed E-state index contributed by atoms with van der Waals surface area (Å²) in [4.78, 5) is 12.0. The summed E-state index contributed by atoms with van der Waals surface area (Å²) in [6, 6.07) is 8.21. The summed E-state index contributed by atoms with van der Waals surface area (Å²) < 4.78 is 20.8. The first-order valence-electron chi connectivity index (χ1n) is 7.16. The number of nitrogens with one attached hydrogen (secondary N) is 1. The molecule has 0 radical (unpaired) electrons. The van der Waals surface area contributed by atoms with Crippen LogP contribution in [0, 0.1) is 12.7 Å². The monoisotopic (exact) mass is 346 g/mol. The number of carbonyl (C=O) groups is 1. The van der Waals surface area contributed by atoms with Crippen LogP contribution in [0.1, 0.15) is 5.56 Å². The molecule has 0 bridgehead atoms. The molecule has 0 aliphatic heterocycles. The van der Waals surface area contributed by atoms with E-state index in [2.05, 4.69) is 15.5 Å². The molecule has 24 heavy (non-hydrogen) atoms. The molecule has 0 unspecified atom stereocenters. The van der Waals surface area contributed by atoms with Gasteiger partial charge in [0.1, 0.15) is 5.82 Å². The Bertz CT molecular complexity index is 861. The van der Waals surface area contributed by atoms with Crippen molar-refractivity contribution in [1.82, 2.24) is 14.8 Å². The molecule has 124 valence electrons. The van der Waals surface area contributed by atoms with Crippen LogP contribution in [0.15, 0.2) is 46.2 Å². The van der Waals surface area contributed by atoms with E-state index in [1.54, 1.807) is 49.1 Å². The third-order valence-electron chi connectivity index (χ3n) is 3.31. The number of rotatable bonds is 5. The average Bonchev–Trinajstić information content (AvgIpc) is 3.18. The van der Waals surface area contributed by atoms with E-state index in [9.17, 15) is 9.18 Å². The maximum Gasteiger partial charge on any atom is 0.234 e. The van der Waals surface area contributed by atoms with Crippen LogP contribution in [-0.2, 0) is 11.8 Å². The highest BCUT2D eigenvalue weighted by Gasteiger charge is 2.15. The Morgan fingerprint density at radius 2 is 2.21 bits per heavy atom. The second-order valence-corrected chi connectivity index (χ2v) is 6.11. The summed E-state index contributed by atoms with van der Waals surface area (Å²) in [5.41, 5.74) is 0.963. The van der Waals surface area contributed by atoms with Crippen LogP contribution in [0.4, 0.5) is 10.1 Å². The normalized spacial score (nSPS) is 10.8. The van der Waals surface area contributed by atoms with Gasteiger partial charge >= 0.3 is 0 Å². The number of hydrogen-bond donors (Lipinski definition) is 1.